The topological polar surface area (TPSA) is 58.6 Å². The highest BCUT2D eigenvalue weighted by Gasteiger charge is 2.38. The normalized spacial score (nSPS) is 17.7. The molecule has 1 rings (SSSR count). The Morgan fingerprint density at radius 1 is 1.29 bits per heavy atom. The Kier molecular flexibility index (Phi) is 6.99. The Balaban J connectivity index is 2.39. The summed E-state index contributed by atoms with van der Waals surface area (Å²) < 4.78 is 5.22. The SMILES string of the molecule is CCCCOC(=O)N1CCC(C)(C(=O)NCC(C)C)CC1. The highest BCUT2D eigenvalue weighted by atomic mass is 16.6. The van der Waals surface area contributed by atoms with Gasteiger partial charge in [0.2, 0.25) is 5.91 Å². The van der Waals surface area contributed by atoms with E-state index in [4.69, 9.17) is 4.74 Å². The van der Waals surface area contributed by atoms with Crippen LogP contribution < -0.4 is 5.32 Å². The Hall–Kier alpha value is -1.26. The minimum Gasteiger partial charge on any atom is -0.449 e. The van der Waals surface area contributed by atoms with E-state index >= 15 is 0 Å². The summed E-state index contributed by atoms with van der Waals surface area (Å²) in [6, 6.07) is 0. The van der Waals surface area contributed by atoms with Crippen LogP contribution in [0.1, 0.15) is 53.4 Å². The highest BCUT2D eigenvalue weighted by molar-refractivity contribution is 5.82. The third kappa shape index (κ3) is 5.56. The van der Waals surface area contributed by atoms with Crippen molar-refractivity contribution in [1.82, 2.24) is 10.2 Å². The standard InChI is InChI=1S/C16H30N2O3/c1-5-6-11-21-15(20)18-9-7-16(4,8-10-18)14(19)17-12-13(2)3/h13H,5-12H2,1-4H3,(H,17,19). The molecule has 5 nitrogen and oxygen atoms in total. The molecule has 122 valence electrons. The average molecular weight is 298 g/mol. The van der Waals surface area contributed by atoms with Crippen molar-refractivity contribution in [3.8, 4) is 0 Å². The highest BCUT2D eigenvalue weighted by Crippen LogP contribution is 2.31. The summed E-state index contributed by atoms with van der Waals surface area (Å²) in [6.45, 7) is 10.6. The van der Waals surface area contributed by atoms with Crippen LogP contribution in [0.15, 0.2) is 0 Å². The number of nitrogens with one attached hydrogen (secondary N) is 1. The molecule has 5 heteroatoms. The van der Waals surface area contributed by atoms with Crippen LogP contribution in [0.4, 0.5) is 4.79 Å². The van der Waals surface area contributed by atoms with E-state index in [1.165, 1.54) is 0 Å². The molecule has 0 aromatic rings. The van der Waals surface area contributed by atoms with E-state index in [1.807, 2.05) is 6.92 Å². The van der Waals surface area contributed by atoms with Gasteiger partial charge in [0.1, 0.15) is 0 Å². The third-order valence-electron chi connectivity index (χ3n) is 4.07. The number of hydrogen-bond donors (Lipinski definition) is 1. The van der Waals surface area contributed by atoms with Crippen molar-refractivity contribution in [3.05, 3.63) is 0 Å². The van der Waals surface area contributed by atoms with Gasteiger partial charge >= 0.3 is 6.09 Å². The fourth-order valence-corrected chi connectivity index (χ4v) is 2.32. The van der Waals surface area contributed by atoms with Gasteiger partial charge in [-0.3, -0.25) is 4.79 Å². The molecular weight excluding hydrogens is 268 g/mol. The third-order valence-corrected chi connectivity index (χ3v) is 4.07. The lowest BCUT2D eigenvalue weighted by Gasteiger charge is -2.37. The lowest BCUT2D eigenvalue weighted by atomic mass is 9.79. The minimum absolute atomic E-state index is 0.107. The average Bonchev–Trinajstić information content (AvgIpc) is 2.45. The number of unbranched alkanes of at least 4 members (excludes halogenated alkanes) is 1. The molecule has 0 unspecified atom stereocenters. The molecule has 0 aromatic carbocycles. The van der Waals surface area contributed by atoms with Gasteiger partial charge in [-0.05, 0) is 25.2 Å². The van der Waals surface area contributed by atoms with E-state index in [0.29, 0.717) is 45.0 Å². The van der Waals surface area contributed by atoms with Gasteiger partial charge in [0.25, 0.3) is 0 Å². The molecule has 21 heavy (non-hydrogen) atoms. The number of carbonyl (C=O) groups is 2. The van der Waals surface area contributed by atoms with Crippen molar-refractivity contribution in [1.29, 1.82) is 0 Å². The fourth-order valence-electron chi connectivity index (χ4n) is 2.32. The lowest BCUT2D eigenvalue weighted by molar-refractivity contribution is -0.132. The first kappa shape index (κ1) is 17.8. The second kappa shape index (κ2) is 8.25. The first-order valence-corrected chi connectivity index (χ1v) is 8.09. The summed E-state index contributed by atoms with van der Waals surface area (Å²) in [4.78, 5) is 25.9. The first-order valence-electron chi connectivity index (χ1n) is 8.09. The van der Waals surface area contributed by atoms with E-state index in [2.05, 4.69) is 26.1 Å². The molecule has 1 fully saturated rings. The van der Waals surface area contributed by atoms with Crippen LogP contribution in [0.25, 0.3) is 0 Å². The fraction of sp³-hybridized carbons (Fsp3) is 0.875. The van der Waals surface area contributed by atoms with Crippen LogP contribution in [-0.2, 0) is 9.53 Å². The van der Waals surface area contributed by atoms with Crippen LogP contribution in [0.2, 0.25) is 0 Å². The van der Waals surface area contributed by atoms with E-state index in [9.17, 15) is 9.59 Å². The molecule has 0 aromatic heterocycles. The molecule has 0 bridgehead atoms. The van der Waals surface area contributed by atoms with E-state index < -0.39 is 0 Å². The number of ether oxygens (including phenoxy) is 1. The van der Waals surface area contributed by atoms with Crippen molar-refractivity contribution < 1.29 is 14.3 Å². The van der Waals surface area contributed by atoms with Gasteiger partial charge in [-0.1, -0.05) is 34.1 Å². The second-order valence-corrected chi connectivity index (χ2v) is 6.62. The monoisotopic (exact) mass is 298 g/mol. The molecule has 1 aliphatic heterocycles. The summed E-state index contributed by atoms with van der Waals surface area (Å²) in [7, 11) is 0. The Bertz CT molecular complexity index is 347. The van der Waals surface area contributed by atoms with Crippen molar-refractivity contribution >= 4 is 12.0 Å². The van der Waals surface area contributed by atoms with E-state index in [0.717, 1.165) is 12.8 Å². The van der Waals surface area contributed by atoms with Crippen LogP contribution in [0.5, 0.6) is 0 Å². The number of piperidine rings is 1. The van der Waals surface area contributed by atoms with Gasteiger partial charge in [0.15, 0.2) is 0 Å². The summed E-state index contributed by atoms with van der Waals surface area (Å²) in [5, 5.41) is 3.00. The van der Waals surface area contributed by atoms with Gasteiger partial charge in [0, 0.05) is 25.0 Å². The smallest absolute Gasteiger partial charge is 0.409 e. The van der Waals surface area contributed by atoms with Gasteiger partial charge in [-0.2, -0.15) is 0 Å². The lowest BCUT2D eigenvalue weighted by Crippen LogP contribution is -2.49. The van der Waals surface area contributed by atoms with Gasteiger partial charge < -0.3 is 15.0 Å². The zero-order valence-electron chi connectivity index (χ0n) is 13.9. The quantitative estimate of drug-likeness (QED) is 0.767. The molecular formula is C16H30N2O3. The summed E-state index contributed by atoms with van der Waals surface area (Å²) in [5.41, 5.74) is -0.366. The second-order valence-electron chi connectivity index (χ2n) is 6.62. The van der Waals surface area contributed by atoms with E-state index in [-0.39, 0.29) is 17.4 Å². The van der Waals surface area contributed by atoms with Crippen LogP contribution in [-0.4, -0.2) is 43.1 Å². The predicted molar refractivity (Wildman–Crippen MR) is 83.0 cm³/mol. The maximum absolute atomic E-state index is 12.3. The van der Waals surface area contributed by atoms with Gasteiger partial charge in [0.05, 0.1) is 6.61 Å². The molecule has 0 spiro atoms. The number of amides is 2. The van der Waals surface area contributed by atoms with Crippen molar-refractivity contribution in [3.63, 3.8) is 0 Å². The molecule has 1 heterocycles. The maximum atomic E-state index is 12.3. The van der Waals surface area contributed by atoms with Crippen molar-refractivity contribution in [2.45, 2.75) is 53.4 Å². The van der Waals surface area contributed by atoms with Crippen LogP contribution >= 0.6 is 0 Å². The Morgan fingerprint density at radius 3 is 2.43 bits per heavy atom. The first-order chi connectivity index (χ1) is 9.89. The Labute approximate surface area is 128 Å². The Morgan fingerprint density at radius 2 is 1.90 bits per heavy atom. The van der Waals surface area contributed by atoms with Gasteiger partial charge in [-0.25, -0.2) is 4.79 Å². The number of carbonyl (C=O) groups excluding carboxylic acids is 2. The summed E-state index contributed by atoms with van der Waals surface area (Å²) in [5.74, 6) is 0.557. The molecule has 1 aliphatic rings. The van der Waals surface area contributed by atoms with Crippen LogP contribution in [0.3, 0.4) is 0 Å². The molecule has 1 saturated heterocycles. The maximum Gasteiger partial charge on any atom is 0.409 e. The largest absolute Gasteiger partial charge is 0.449 e. The molecule has 0 aliphatic carbocycles. The van der Waals surface area contributed by atoms with Gasteiger partial charge in [-0.15, -0.1) is 0 Å². The van der Waals surface area contributed by atoms with E-state index in [1.54, 1.807) is 4.90 Å². The summed E-state index contributed by atoms with van der Waals surface area (Å²) >= 11 is 0. The number of rotatable bonds is 6. The number of hydrogen-bond acceptors (Lipinski definition) is 3. The van der Waals surface area contributed by atoms with Crippen LogP contribution in [0, 0.1) is 11.3 Å². The summed E-state index contributed by atoms with van der Waals surface area (Å²) in [6.07, 6.45) is 3.06. The van der Waals surface area contributed by atoms with Crippen molar-refractivity contribution in [2.24, 2.45) is 11.3 Å². The number of likely N-dealkylation sites (tertiary alicyclic amines) is 1. The molecule has 0 atom stereocenters. The minimum atomic E-state index is -0.366. The number of nitrogens with zero attached hydrogens (tertiary/aromatic N) is 1. The predicted octanol–water partition coefficient (Wildman–Crippen LogP) is 2.80. The van der Waals surface area contributed by atoms with Crippen molar-refractivity contribution in [2.75, 3.05) is 26.2 Å². The molecule has 0 radical (unpaired) electrons. The zero-order valence-corrected chi connectivity index (χ0v) is 13.9. The zero-order chi connectivity index (χ0) is 15.9. The molecule has 1 N–H and O–H groups in total. The molecule has 2 amide bonds. The molecule has 0 saturated carbocycles.